The molecule has 0 radical (unpaired) electrons. The lowest BCUT2D eigenvalue weighted by atomic mass is 10.1. The molecule has 1 aromatic carbocycles. The summed E-state index contributed by atoms with van der Waals surface area (Å²) in [6, 6.07) is 8.12. The second-order valence-corrected chi connectivity index (χ2v) is 6.54. The number of para-hydroxylation sites is 2. The topological polar surface area (TPSA) is 67.3 Å². The predicted molar refractivity (Wildman–Crippen MR) is 91.8 cm³/mol. The van der Waals surface area contributed by atoms with Crippen LogP contribution >= 0.6 is 0 Å². The van der Waals surface area contributed by atoms with E-state index in [2.05, 4.69) is 20.2 Å². The van der Waals surface area contributed by atoms with Gasteiger partial charge in [-0.05, 0) is 31.4 Å². The van der Waals surface area contributed by atoms with Crippen LogP contribution in [0, 0.1) is 5.92 Å². The summed E-state index contributed by atoms with van der Waals surface area (Å²) in [5, 5.41) is 3.18. The lowest BCUT2D eigenvalue weighted by molar-refractivity contribution is -0.125. The van der Waals surface area contributed by atoms with Crippen molar-refractivity contribution >= 4 is 22.8 Å². The molecule has 24 heavy (non-hydrogen) atoms. The smallest absolute Gasteiger partial charge is 0.225 e. The number of fused-ring (bicyclic) bond motifs is 1. The van der Waals surface area contributed by atoms with Crippen LogP contribution in [0.25, 0.3) is 11.0 Å². The number of carbonyl (C=O) groups is 1. The fourth-order valence-corrected chi connectivity index (χ4v) is 3.44. The Kier molecular flexibility index (Phi) is 4.30. The number of amides is 1. The minimum Gasteiger partial charge on any atom is -0.381 e. The number of carbonyl (C=O) groups excluding carboxylic acids is 1. The third kappa shape index (κ3) is 3.19. The van der Waals surface area contributed by atoms with E-state index < -0.39 is 0 Å². The minimum absolute atomic E-state index is 0.0288. The molecular formula is C18H22N4O2. The number of benzene rings is 1. The lowest BCUT2D eigenvalue weighted by Crippen LogP contribution is -2.42. The molecule has 2 saturated heterocycles. The summed E-state index contributed by atoms with van der Waals surface area (Å²) in [5.74, 6) is 1.05. The van der Waals surface area contributed by atoms with E-state index in [-0.39, 0.29) is 17.9 Å². The Bertz CT molecular complexity index is 730. The van der Waals surface area contributed by atoms with Gasteiger partial charge < -0.3 is 15.0 Å². The lowest BCUT2D eigenvalue weighted by Gasteiger charge is -2.24. The fourth-order valence-electron chi connectivity index (χ4n) is 3.44. The molecule has 126 valence electrons. The second-order valence-electron chi connectivity index (χ2n) is 6.54. The van der Waals surface area contributed by atoms with Crippen LogP contribution < -0.4 is 10.2 Å². The van der Waals surface area contributed by atoms with Crippen LogP contribution in [0.2, 0.25) is 0 Å². The van der Waals surface area contributed by atoms with Crippen LogP contribution in [0.3, 0.4) is 0 Å². The van der Waals surface area contributed by atoms with Gasteiger partial charge in [0.05, 0.1) is 23.1 Å². The van der Waals surface area contributed by atoms with Crippen molar-refractivity contribution < 1.29 is 9.53 Å². The normalized spacial score (nSPS) is 22.0. The molecule has 0 bridgehead atoms. The van der Waals surface area contributed by atoms with Gasteiger partial charge in [0, 0.05) is 32.3 Å². The van der Waals surface area contributed by atoms with E-state index in [0.29, 0.717) is 6.54 Å². The quantitative estimate of drug-likeness (QED) is 0.931. The molecule has 2 fully saturated rings. The monoisotopic (exact) mass is 326 g/mol. The van der Waals surface area contributed by atoms with Gasteiger partial charge in [0.15, 0.2) is 0 Å². The van der Waals surface area contributed by atoms with Crippen molar-refractivity contribution in [2.75, 3.05) is 31.2 Å². The molecule has 2 aromatic rings. The second kappa shape index (κ2) is 6.73. The zero-order valence-electron chi connectivity index (χ0n) is 13.6. The van der Waals surface area contributed by atoms with Gasteiger partial charge in [-0.15, -0.1) is 0 Å². The van der Waals surface area contributed by atoms with Crippen molar-refractivity contribution in [2.24, 2.45) is 5.92 Å². The Morgan fingerprint density at radius 1 is 1.17 bits per heavy atom. The van der Waals surface area contributed by atoms with Crippen LogP contribution in [0.1, 0.15) is 19.3 Å². The van der Waals surface area contributed by atoms with Gasteiger partial charge >= 0.3 is 0 Å². The molecule has 1 unspecified atom stereocenters. The molecule has 0 aliphatic carbocycles. The number of nitrogens with zero attached hydrogens (tertiary/aromatic N) is 3. The summed E-state index contributed by atoms with van der Waals surface area (Å²) >= 11 is 0. The third-order valence-corrected chi connectivity index (χ3v) is 4.89. The van der Waals surface area contributed by atoms with E-state index in [1.54, 1.807) is 6.20 Å². The first-order valence-corrected chi connectivity index (χ1v) is 8.64. The van der Waals surface area contributed by atoms with Crippen LogP contribution in [-0.4, -0.2) is 48.2 Å². The highest BCUT2D eigenvalue weighted by Crippen LogP contribution is 2.23. The van der Waals surface area contributed by atoms with E-state index in [4.69, 9.17) is 4.74 Å². The first-order chi connectivity index (χ1) is 11.8. The van der Waals surface area contributed by atoms with Crippen LogP contribution in [0.15, 0.2) is 30.5 Å². The van der Waals surface area contributed by atoms with E-state index in [1.807, 2.05) is 24.3 Å². The Labute approximate surface area is 141 Å². The van der Waals surface area contributed by atoms with E-state index in [1.165, 1.54) is 0 Å². The number of nitrogens with one attached hydrogen (secondary N) is 1. The van der Waals surface area contributed by atoms with Gasteiger partial charge in [-0.25, -0.2) is 4.98 Å². The summed E-state index contributed by atoms with van der Waals surface area (Å²) in [6.45, 7) is 3.05. The van der Waals surface area contributed by atoms with Crippen molar-refractivity contribution in [2.45, 2.75) is 25.3 Å². The standard InChI is InChI=1S/C18H22N4O2/c23-18(20-14-6-9-24-10-7-14)13-5-8-22(12-13)17-11-19-15-3-1-2-4-16(15)21-17/h1-4,11,13-14H,5-10,12H2,(H,20,23). The fraction of sp³-hybridized carbons (Fsp3) is 0.500. The maximum atomic E-state index is 12.5. The number of rotatable bonds is 3. The molecule has 1 aromatic heterocycles. The van der Waals surface area contributed by atoms with Gasteiger partial charge in [0.1, 0.15) is 5.82 Å². The van der Waals surface area contributed by atoms with E-state index in [0.717, 1.165) is 55.9 Å². The van der Waals surface area contributed by atoms with E-state index in [9.17, 15) is 4.79 Å². The number of aromatic nitrogens is 2. The Hall–Kier alpha value is -2.21. The SMILES string of the molecule is O=C(NC1CCOCC1)C1CCN(c2cnc3ccccc3n2)C1. The van der Waals surface area contributed by atoms with Crippen LogP contribution in [0.4, 0.5) is 5.82 Å². The highest BCUT2D eigenvalue weighted by atomic mass is 16.5. The summed E-state index contributed by atoms with van der Waals surface area (Å²) in [5.41, 5.74) is 1.79. The Morgan fingerprint density at radius 2 is 1.96 bits per heavy atom. The third-order valence-electron chi connectivity index (χ3n) is 4.89. The van der Waals surface area contributed by atoms with Crippen molar-refractivity contribution in [1.29, 1.82) is 0 Å². The number of hydrogen-bond donors (Lipinski definition) is 1. The summed E-state index contributed by atoms with van der Waals surface area (Å²) in [6.07, 6.45) is 4.50. The number of ether oxygens (including phenoxy) is 1. The molecule has 1 amide bonds. The molecule has 0 spiro atoms. The van der Waals surface area contributed by atoms with Gasteiger partial charge in [0.2, 0.25) is 5.91 Å². The number of hydrogen-bond acceptors (Lipinski definition) is 5. The molecule has 4 rings (SSSR count). The summed E-state index contributed by atoms with van der Waals surface area (Å²) in [7, 11) is 0. The van der Waals surface area contributed by atoms with E-state index >= 15 is 0 Å². The maximum Gasteiger partial charge on any atom is 0.225 e. The first-order valence-electron chi connectivity index (χ1n) is 8.64. The Balaban J connectivity index is 1.40. The minimum atomic E-state index is 0.0288. The zero-order chi connectivity index (χ0) is 16.4. The van der Waals surface area contributed by atoms with Gasteiger partial charge in [0.25, 0.3) is 0 Å². The molecule has 6 nitrogen and oxygen atoms in total. The van der Waals surface area contributed by atoms with Crippen LogP contribution in [-0.2, 0) is 9.53 Å². The van der Waals surface area contributed by atoms with Gasteiger partial charge in [-0.1, -0.05) is 12.1 Å². The molecule has 3 heterocycles. The maximum absolute atomic E-state index is 12.5. The zero-order valence-corrected chi connectivity index (χ0v) is 13.6. The molecule has 1 atom stereocenters. The van der Waals surface area contributed by atoms with Crippen molar-refractivity contribution in [3.63, 3.8) is 0 Å². The highest BCUT2D eigenvalue weighted by molar-refractivity contribution is 5.80. The van der Waals surface area contributed by atoms with Crippen molar-refractivity contribution in [1.82, 2.24) is 15.3 Å². The molecule has 0 saturated carbocycles. The molecular weight excluding hydrogens is 304 g/mol. The molecule has 2 aliphatic rings. The average Bonchev–Trinajstić information content (AvgIpc) is 3.12. The first kappa shape index (κ1) is 15.3. The summed E-state index contributed by atoms with van der Waals surface area (Å²) in [4.78, 5) is 23.8. The van der Waals surface area contributed by atoms with Crippen molar-refractivity contribution in [3.05, 3.63) is 30.5 Å². The highest BCUT2D eigenvalue weighted by Gasteiger charge is 2.30. The predicted octanol–water partition coefficient (Wildman–Crippen LogP) is 1.75. The van der Waals surface area contributed by atoms with Gasteiger partial charge in [-0.2, -0.15) is 0 Å². The van der Waals surface area contributed by atoms with Gasteiger partial charge in [-0.3, -0.25) is 9.78 Å². The molecule has 1 N–H and O–H groups in total. The summed E-state index contributed by atoms with van der Waals surface area (Å²) < 4.78 is 5.34. The van der Waals surface area contributed by atoms with Crippen LogP contribution in [0.5, 0.6) is 0 Å². The molecule has 2 aliphatic heterocycles. The largest absolute Gasteiger partial charge is 0.381 e. The molecule has 6 heteroatoms. The average molecular weight is 326 g/mol. The van der Waals surface area contributed by atoms with Crippen molar-refractivity contribution in [3.8, 4) is 0 Å². The number of anilines is 1. The Morgan fingerprint density at radius 3 is 2.79 bits per heavy atom.